The van der Waals surface area contributed by atoms with E-state index in [1.807, 2.05) is 4.57 Å². The number of nitrogens with one attached hydrogen (secondary N) is 1. The van der Waals surface area contributed by atoms with E-state index in [-0.39, 0.29) is 40.3 Å². The Morgan fingerprint density at radius 1 is 1.33 bits per heavy atom. The summed E-state index contributed by atoms with van der Waals surface area (Å²) in [4.78, 5) is 39.3. The summed E-state index contributed by atoms with van der Waals surface area (Å²) in [7, 11) is 0. The van der Waals surface area contributed by atoms with Crippen LogP contribution < -0.4 is 15.6 Å². The molecule has 4 rings (SSSR count). The molecule has 2 fully saturated rings. The Bertz CT molecular complexity index is 1170. The number of hydrogen-bond acceptors (Lipinski definition) is 6. The van der Waals surface area contributed by atoms with Gasteiger partial charge in [-0.1, -0.05) is 18.5 Å². The van der Waals surface area contributed by atoms with Crippen LogP contribution in [0.3, 0.4) is 0 Å². The quantitative estimate of drug-likeness (QED) is 0.591. The number of aromatic nitrogens is 1. The first kappa shape index (κ1) is 23.4. The van der Waals surface area contributed by atoms with Gasteiger partial charge < -0.3 is 24.6 Å². The lowest BCUT2D eigenvalue weighted by atomic mass is 9.91. The lowest BCUT2D eigenvalue weighted by molar-refractivity contribution is -0.119. The van der Waals surface area contributed by atoms with Crippen LogP contribution in [0.5, 0.6) is 5.75 Å². The first-order chi connectivity index (χ1) is 15.7. The topological polar surface area (TPSA) is 101 Å². The van der Waals surface area contributed by atoms with Gasteiger partial charge in [-0.15, -0.1) is 0 Å². The number of aromatic hydroxyl groups is 1. The highest BCUT2D eigenvalue weighted by molar-refractivity contribution is 6.38. The van der Waals surface area contributed by atoms with E-state index in [0.29, 0.717) is 24.3 Å². The molecule has 1 saturated heterocycles. The Kier molecular flexibility index (Phi) is 6.31. The van der Waals surface area contributed by atoms with E-state index < -0.39 is 16.9 Å². The molecule has 1 aromatic carbocycles. The summed E-state index contributed by atoms with van der Waals surface area (Å²) in [5.41, 5.74) is 0.0171. The minimum absolute atomic E-state index is 0.0609. The molecular weight excluding hydrogens is 446 g/mol. The lowest BCUT2D eigenvalue weighted by Crippen LogP contribution is -2.52. The molecule has 2 aromatic rings. The zero-order chi connectivity index (χ0) is 23.9. The van der Waals surface area contributed by atoms with E-state index in [4.69, 9.17) is 16.3 Å². The number of esters is 1. The molecule has 1 amide bonds. The molecule has 178 valence electrons. The fourth-order valence-corrected chi connectivity index (χ4v) is 5.35. The standard InChI is InChI=1S/C24H30ClN3O5/c1-4-24(13-26-14(3)29)9-6-10-28(24)21-18(30)11-16-20(19(21)25)27(15-7-8-15)12-17(22(16)31)23(32)33-5-2/h11-12,15,30H,4-10,13H2,1-3H3,(H,26,29). The third kappa shape index (κ3) is 4.05. The van der Waals surface area contributed by atoms with Gasteiger partial charge in [-0.3, -0.25) is 9.59 Å². The summed E-state index contributed by atoms with van der Waals surface area (Å²) in [5, 5.41) is 14.5. The number of carbonyl (C=O) groups is 2. The van der Waals surface area contributed by atoms with Crippen LogP contribution in [-0.4, -0.2) is 46.8 Å². The minimum Gasteiger partial charge on any atom is -0.506 e. The molecule has 0 spiro atoms. The number of carbonyl (C=O) groups excluding carboxylic acids is 2. The largest absolute Gasteiger partial charge is 0.506 e. The molecule has 2 heterocycles. The average Bonchev–Trinajstić information content (AvgIpc) is 3.53. The zero-order valence-electron chi connectivity index (χ0n) is 19.2. The monoisotopic (exact) mass is 475 g/mol. The molecule has 1 aromatic heterocycles. The van der Waals surface area contributed by atoms with Crippen molar-refractivity contribution in [3.05, 3.63) is 33.1 Å². The number of nitrogens with zero attached hydrogens (tertiary/aromatic N) is 2. The van der Waals surface area contributed by atoms with E-state index in [1.54, 1.807) is 13.1 Å². The Hall–Kier alpha value is -2.74. The van der Waals surface area contributed by atoms with Crippen LogP contribution in [0, 0.1) is 0 Å². The predicted octanol–water partition coefficient (Wildman–Crippen LogP) is 3.76. The number of fused-ring (bicyclic) bond motifs is 1. The van der Waals surface area contributed by atoms with Gasteiger partial charge in [-0.05, 0) is 45.1 Å². The molecule has 1 aliphatic heterocycles. The molecule has 9 heteroatoms. The summed E-state index contributed by atoms with van der Waals surface area (Å²) >= 11 is 6.95. The van der Waals surface area contributed by atoms with E-state index in [0.717, 1.165) is 32.1 Å². The zero-order valence-corrected chi connectivity index (χ0v) is 20.0. The molecule has 0 radical (unpaired) electrons. The first-order valence-electron chi connectivity index (χ1n) is 11.5. The minimum atomic E-state index is -0.682. The number of phenols is 1. The average molecular weight is 476 g/mol. The maximum Gasteiger partial charge on any atom is 0.343 e. The molecule has 1 aliphatic carbocycles. The third-order valence-corrected chi connectivity index (χ3v) is 7.19. The molecule has 1 saturated carbocycles. The number of pyridine rings is 1. The second kappa shape index (κ2) is 8.89. The smallest absolute Gasteiger partial charge is 0.343 e. The number of anilines is 1. The second-order valence-electron chi connectivity index (χ2n) is 8.93. The van der Waals surface area contributed by atoms with Crippen LogP contribution in [0.15, 0.2) is 17.1 Å². The van der Waals surface area contributed by atoms with Crippen molar-refractivity contribution >= 4 is 40.1 Å². The van der Waals surface area contributed by atoms with E-state index >= 15 is 0 Å². The Labute approximate surface area is 197 Å². The fourth-order valence-electron chi connectivity index (χ4n) is 4.95. The van der Waals surface area contributed by atoms with Crippen LogP contribution in [-0.2, 0) is 9.53 Å². The van der Waals surface area contributed by atoms with Gasteiger partial charge in [0.2, 0.25) is 11.3 Å². The van der Waals surface area contributed by atoms with Crippen LogP contribution >= 0.6 is 11.6 Å². The van der Waals surface area contributed by atoms with Crippen LogP contribution in [0.2, 0.25) is 5.02 Å². The second-order valence-corrected chi connectivity index (χ2v) is 9.31. The molecule has 1 atom stereocenters. The van der Waals surface area contributed by atoms with E-state index in [2.05, 4.69) is 17.1 Å². The molecular formula is C24H30ClN3O5. The number of hydrogen-bond donors (Lipinski definition) is 2. The van der Waals surface area contributed by atoms with Crippen molar-refractivity contribution in [2.24, 2.45) is 0 Å². The highest BCUT2D eigenvalue weighted by Crippen LogP contribution is 2.48. The number of rotatable bonds is 7. The Balaban J connectivity index is 1.92. The third-order valence-electron chi connectivity index (χ3n) is 6.84. The van der Waals surface area contributed by atoms with Crippen LogP contribution in [0.4, 0.5) is 5.69 Å². The van der Waals surface area contributed by atoms with Crippen molar-refractivity contribution in [2.45, 2.75) is 64.5 Å². The Morgan fingerprint density at radius 3 is 2.67 bits per heavy atom. The number of amides is 1. The summed E-state index contributed by atoms with van der Waals surface area (Å²) < 4.78 is 6.96. The van der Waals surface area contributed by atoms with Crippen molar-refractivity contribution in [2.75, 3.05) is 24.6 Å². The molecule has 2 aliphatic rings. The maximum absolute atomic E-state index is 13.2. The van der Waals surface area contributed by atoms with Gasteiger partial charge in [-0.25, -0.2) is 4.79 Å². The van der Waals surface area contributed by atoms with Gasteiger partial charge in [0.15, 0.2) is 0 Å². The van der Waals surface area contributed by atoms with Gasteiger partial charge in [0.1, 0.15) is 17.0 Å². The molecule has 2 N–H and O–H groups in total. The highest BCUT2D eigenvalue weighted by Gasteiger charge is 2.42. The maximum atomic E-state index is 13.2. The van der Waals surface area contributed by atoms with Crippen molar-refractivity contribution in [1.82, 2.24) is 9.88 Å². The summed E-state index contributed by atoms with van der Waals surface area (Å²) in [6, 6.07) is 1.54. The number of ether oxygens (including phenoxy) is 1. The molecule has 33 heavy (non-hydrogen) atoms. The van der Waals surface area contributed by atoms with Crippen LogP contribution in [0.25, 0.3) is 10.9 Å². The first-order valence-corrected chi connectivity index (χ1v) is 11.9. The van der Waals surface area contributed by atoms with Gasteiger partial charge >= 0.3 is 5.97 Å². The van der Waals surface area contributed by atoms with Gasteiger partial charge in [-0.2, -0.15) is 0 Å². The normalized spacial score (nSPS) is 20.3. The SMILES string of the molecule is CCOC(=O)c1cn(C2CC2)c2c(Cl)c(N3CCCC3(CC)CNC(C)=O)c(O)cc2c1=O. The van der Waals surface area contributed by atoms with Gasteiger partial charge in [0, 0.05) is 32.3 Å². The number of phenolic OH excluding ortho intramolecular Hbond substituents is 1. The van der Waals surface area contributed by atoms with Crippen molar-refractivity contribution in [1.29, 1.82) is 0 Å². The summed E-state index contributed by atoms with van der Waals surface area (Å²) in [6.45, 7) is 6.48. The number of benzene rings is 1. The van der Waals surface area contributed by atoms with E-state index in [1.165, 1.54) is 13.0 Å². The van der Waals surface area contributed by atoms with Gasteiger partial charge in [0.05, 0.1) is 28.1 Å². The predicted molar refractivity (Wildman–Crippen MR) is 127 cm³/mol. The summed E-state index contributed by atoms with van der Waals surface area (Å²) in [5.74, 6) is -0.911. The van der Waals surface area contributed by atoms with Crippen molar-refractivity contribution in [3.63, 3.8) is 0 Å². The fraction of sp³-hybridized carbons (Fsp3) is 0.542. The molecule has 1 unspecified atom stereocenters. The van der Waals surface area contributed by atoms with E-state index in [9.17, 15) is 19.5 Å². The summed E-state index contributed by atoms with van der Waals surface area (Å²) in [6.07, 6.45) is 5.85. The molecule has 8 nitrogen and oxygen atoms in total. The number of halogens is 1. The lowest BCUT2D eigenvalue weighted by Gasteiger charge is -2.40. The van der Waals surface area contributed by atoms with Crippen molar-refractivity contribution in [3.8, 4) is 5.75 Å². The van der Waals surface area contributed by atoms with Crippen molar-refractivity contribution < 1.29 is 19.4 Å². The highest BCUT2D eigenvalue weighted by atomic mass is 35.5. The van der Waals surface area contributed by atoms with Crippen LogP contribution in [0.1, 0.15) is 69.3 Å². The van der Waals surface area contributed by atoms with Gasteiger partial charge in [0.25, 0.3) is 0 Å². The Morgan fingerprint density at radius 2 is 2.06 bits per heavy atom. The molecule has 0 bridgehead atoms.